The van der Waals surface area contributed by atoms with Crippen LogP contribution >= 0.6 is 0 Å². The molecular formula is C16H26N4O2. The lowest BCUT2D eigenvalue weighted by Crippen LogP contribution is -2.37. The lowest BCUT2D eigenvalue weighted by Gasteiger charge is -2.20. The van der Waals surface area contributed by atoms with Crippen LogP contribution in [-0.4, -0.2) is 23.2 Å². The topological polar surface area (TPSA) is 82.9 Å². The number of carbonyl (C=O) groups excluding carboxylic acids is 2. The molecule has 0 saturated heterocycles. The fraction of sp³-hybridized carbons (Fsp3) is 0.750. The largest absolute Gasteiger partial charge is 0.331 e. The van der Waals surface area contributed by atoms with E-state index in [9.17, 15) is 9.59 Å². The van der Waals surface area contributed by atoms with E-state index in [0.29, 0.717) is 11.8 Å². The molecule has 2 aliphatic rings. The lowest BCUT2D eigenvalue weighted by molar-refractivity contribution is -0.139. The van der Waals surface area contributed by atoms with Crippen LogP contribution in [0.15, 0.2) is 10.2 Å². The number of nitrogens with zero attached hydrogens (tertiary/aromatic N) is 2. The molecule has 0 aromatic carbocycles. The fourth-order valence-electron chi connectivity index (χ4n) is 3.02. The molecule has 0 unspecified atom stereocenters. The van der Waals surface area contributed by atoms with Gasteiger partial charge in [0.25, 0.3) is 0 Å². The van der Waals surface area contributed by atoms with E-state index in [-0.39, 0.29) is 0 Å². The second-order valence-electron chi connectivity index (χ2n) is 6.38. The van der Waals surface area contributed by atoms with Crippen LogP contribution < -0.4 is 10.9 Å². The van der Waals surface area contributed by atoms with Crippen LogP contribution in [0.3, 0.4) is 0 Å². The van der Waals surface area contributed by atoms with Crippen molar-refractivity contribution in [1.29, 1.82) is 0 Å². The summed E-state index contributed by atoms with van der Waals surface area (Å²) in [4.78, 5) is 23.5. The average Bonchev–Trinajstić information content (AvgIpc) is 2.52. The van der Waals surface area contributed by atoms with E-state index in [4.69, 9.17) is 0 Å². The molecule has 0 heterocycles. The zero-order valence-electron chi connectivity index (χ0n) is 13.5. The first-order chi connectivity index (χ1) is 10.6. The van der Waals surface area contributed by atoms with Crippen LogP contribution in [0.4, 0.5) is 0 Å². The smallest absolute Gasteiger partial charge is 0.262 e. The molecule has 2 N–H and O–H groups in total. The van der Waals surface area contributed by atoms with Crippen LogP contribution in [0, 0.1) is 11.8 Å². The van der Waals surface area contributed by atoms with Crippen LogP contribution in [0.2, 0.25) is 0 Å². The van der Waals surface area contributed by atoms with Gasteiger partial charge in [-0.2, -0.15) is 10.2 Å². The number of nitrogens with one attached hydrogen (secondary N) is 2. The van der Waals surface area contributed by atoms with Gasteiger partial charge in [-0.3, -0.25) is 9.59 Å². The Morgan fingerprint density at radius 1 is 0.818 bits per heavy atom. The Kier molecular flexibility index (Phi) is 6.10. The SMILES string of the molecule is C[C@@H]1CCCCC1=NNC(=O)C(=O)N/N=C1/CCCC[C@H]1C. The minimum Gasteiger partial charge on any atom is -0.262 e. The summed E-state index contributed by atoms with van der Waals surface area (Å²) >= 11 is 0. The van der Waals surface area contributed by atoms with E-state index >= 15 is 0 Å². The van der Waals surface area contributed by atoms with Gasteiger partial charge in [-0.15, -0.1) is 0 Å². The lowest BCUT2D eigenvalue weighted by atomic mass is 9.89. The second-order valence-corrected chi connectivity index (χ2v) is 6.38. The molecule has 0 aromatic rings. The summed E-state index contributed by atoms with van der Waals surface area (Å²) in [5, 5.41) is 8.21. The molecule has 2 amide bonds. The van der Waals surface area contributed by atoms with E-state index in [1.807, 2.05) is 0 Å². The summed E-state index contributed by atoms with van der Waals surface area (Å²) in [5.74, 6) is -0.753. The zero-order chi connectivity index (χ0) is 15.9. The molecule has 22 heavy (non-hydrogen) atoms. The quantitative estimate of drug-likeness (QED) is 0.606. The molecule has 2 rings (SSSR count). The Labute approximate surface area is 131 Å². The molecule has 0 aliphatic heterocycles. The molecule has 0 radical (unpaired) electrons. The summed E-state index contributed by atoms with van der Waals surface area (Å²) < 4.78 is 0. The van der Waals surface area contributed by atoms with Crippen molar-refractivity contribution in [3.05, 3.63) is 0 Å². The maximum Gasteiger partial charge on any atom is 0.331 e. The van der Waals surface area contributed by atoms with Crippen molar-refractivity contribution in [2.75, 3.05) is 0 Å². The van der Waals surface area contributed by atoms with Gasteiger partial charge in [0.2, 0.25) is 0 Å². The van der Waals surface area contributed by atoms with Crippen LogP contribution in [0.5, 0.6) is 0 Å². The Morgan fingerprint density at radius 2 is 1.23 bits per heavy atom. The fourth-order valence-corrected chi connectivity index (χ4v) is 3.02. The third kappa shape index (κ3) is 4.64. The zero-order valence-corrected chi connectivity index (χ0v) is 13.5. The Hall–Kier alpha value is -1.72. The molecule has 0 bridgehead atoms. The standard InChI is InChI=1S/C16H26N4O2/c1-11-7-3-5-9-13(11)17-19-15(21)16(22)20-18-14-10-6-4-8-12(14)2/h11-12H,3-10H2,1-2H3,(H,19,21)(H,20,22)/b17-13-,18-14?/t11-,12-/m1/s1. The first-order valence-electron chi connectivity index (χ1n) is 8.31. The van der Waals surface area contributed by atoms with Gasteiger partial charge in [-0.25, -0.2) is 10.9 Å². The molecule has 2 fully saturated rings. The molecule has 122 valence electrons. The maximum atomic E-state index is 11.7. The number of hydrazone groups is 2. The van der Waals surface area contributed by atoms with Crippen molar-refractivity contribution in [2.45, 2.75) is 65.2 Å². The Balaban J connectivity index is 1.83. The Morgan fingerprint density at radius 3 is 1.59 bits per heavy atom. The minimum absolute atomic E-state index is 0.375. The van der Waals surface area contributed by atoms with Crippen molar-refractivity contribution in [3.8, 4) is 0 Å². The number of amides is 2. The number of hydrogen-bond acceptors (Lipinski definition) is 4. The van der Waals surface area contributed by atoms with Crippen molar-refractivity contribution in [1.82, 2.24) is 10.9 Å². The van der Waals surface area contributed by atoms with Crippen molar-refractivity contribution >= 4 is 23.2 Å². The summed E-state index contributed by atoms with van der Waals surface area (Å²) in [6.45, 7) is 4.20. The van der Waals surface area contributed by atoms with Crippen LogP contribution in [-0.2, 0) is 9.59 Å². The third-order valence-corrected chi connectivity index (χ3v) is 4.59. The normalized spacial score (nSPS) is 29.4. The van der Waals surface area contributed by atoms with E-state index in [1.165, 1.54) is 12.8 Å². The van der Waals surface area contributed by atoms with Crippen LogP contribution in [0.1, 0.15) is 65.2 Å². The molecule has 0 spiro atoms. The summed E-state index contributed by atoms with van der Waals surface area (Å²) in [5.41, 5.74) is 6.64. The number of rotatable bonds is 2. The summed E-state index contributed by atoms with van der Waals surface area (Å²) in [7, 11) is 0. The van der Waals surface area contributed by atoms with E-state index in [1.54, 1.807) is 0 Å². The molecular weight excluding hydrogens is 280 g/mol. The second kappa shape index (κ2) is 8.06. The van der Waals surface area contributed by atoms with Crippen molar-refractivity contribution < 1.29 is 9.59 Å². The predicted octanol–water partition coefficient (Wildman–Crippen LogP) is 2.35. The summed E-state index contributed by atoms with van der Waals surface area (Å²) in [6.07, 6.45) is 8.55. The molecule has 2 atom stereocenters. The highest BCUT2D eigenvalue weighted by molar-refractivity contribution is 6.35. The molecule has 0 aromatic heterocycles. The highest BCUT2D eigenvalue weighted by Crippen LogP contribution is 2.21. The van der Waals surface area contributed by atoms with Gasteiger partial charge in [0, 0.05) is 11.4 Å². The molecule has 2 saturated carbocycles. The summed E-state index contributed by atoms with van der Waals surface area (Å²) in [6, 6.07) is 0. The Bertz CT molecular complexity index is 441. The number of hydrogen-bond donors (Lipinski definition) is 2. The highest BCUT2D eigenvalue weighted by atomic mass is 16.2. The van der Waals surface area contributed by atoms with Gasteiger partial charge in [0.1, 0.15) is 0 Å². The molecule has 2 aliphatic carbocycles. The van der Waals surface area contributed by atoms with Gasteiger partial charge in [0.05, 0.1) is 0 Å². The van der Waals surface area contributed by atoms with Gasteiger partial charge < -0.3 is 0 Å². The van der Waals surface area contributed by atoms with Gasteiger partial charge >= 0.3 is 11.8 Å². The van der Waals surface area contributed by atoms with E-state index < -0.39 is 11.8 Å². The number of carbonyl (C=O) groups is 2. The van der Waals surface area contributed by atoms with Crippen LogP contribution in [0.25, 0.3) is 0 Å². The minimum atomic E-state index is -0.752. The third-order valence-electron chi connectivity index (χ3n) is 4.59. The first-order valence-corrected chi connectivity index (χ1v) is 8.31. The monoisotopic (exact) mass is 306 g/mol. The van der Waals surface area contributed by atoms with E-state index in [2.05, 4.69) is 34.9 Å². The highest BCUT2D eigenvalue weighted by Gasteiger charge is 2.19. The predicted molar refractivity (Wildman–Crippen MR) is 86.4 cm³/mol. The van der Waals surface area contributed by atoms with Crippen molar-refractivity contribution in [2.24, 2.45) is 22.0 Å². The van der Waals surface area contributed by atoms with Crippen molar-refractivity contribution in [3.63, 3.8) is 0 Å². The molecule has 6 heteroatoms. The van der Waals surface area contributed by atoms with Gasteiger partial charge in [-0.05, 0) is 50.4 Å². The average molecular weight is 306 g/mol. The van der Waals surface area contributed by atoms with Gasteiger partial charge in [0.15, 0.2) is 0 Å². The first kappa shape index (κ1) is 16.6. The maximum absolute atomic E-state index is 11.7. The van der Waals surface area contributed by atoms with E-state index in [0.717, 1.165) is 49.9 Å². The van der Waals surface area contributed by atoms with Gasteiger partial charge in [-0.1, -0.05) is 26.7 Å². The molecule has 6 nitrogen and oxygen atoms in total.